The van der Waals surface area contributed by atoms with E-state index in [1.165, 1.54) is 0 Å². The molecule has 1 aromatic carbocycles. The van der Waals surface area contributed by atoms with Gasteiger partial charge in [-0.3, -0.25) is 0 Å². The van der Waals surface area contributed by atoms with Gasteiger partial charge in [0.2, 0.25) is 0 Å². The zero-order valence-corrected chi connectivity index (χ0v) is 13.6. The third kappa shape index (κ3) is 3.34. The van der Waals surface area contributed by atoms with Crippen molar-refractivity contribution < 1.29 is 18.9 Å². The van der Waals surface area contributed by atoms with Gasteiger partial charge in [0.1, 0.15) is 6.10 Å². The van der Waals surface area contributed by atoms with Crippen LogP contribution in [0, 0.1) is 0 Å². The Kier molecular flexibility index (Phi) is 5.00. The zero-order valence-electron chi connectivity index (χ0n) is 12.1. The summed E-state index contributed by atoms with van der Waals surface area (Å²) in [4.78, 5) is 0. The van der Waals surface area contributed by atoms with Crippen LogP contribution in [-0.4, -0.2) is 46.2 Å². The minimum atomic E-state index is -0.00945. The first kappa shape index (κ1) is 15.1. The molecule has 116 valence electrons. The van der Waals surface area contributed by atoms with Crippen LogP contribution in [0.3, 0.4) is 0 Å². The van der Waals surface area contributed by atoms with E-state index in [1.807, 2.05) is 19.2 Å². The van der Waals surface area contributed by atoms with Gasteiger partial charge in [-0.15, -0.1) is 0 Å². The number of ether oxygens (including phenoxy) is 4. The van der Waals surface area contributed by atoms with Crippen LogP contribution in [0.4, 0.5) is 0 Å². The topological polar surface area (TPSA) is 49.0 Å². The van der Waals surface area contributed by atoms with Crippen molar-refractivity contribution in [3.63, 3.8) is 0 Å². The molecule has 2 atom stereocenters. The van der Waals surface area contributed by atoms with Gasteiger partial charge in [-0.05, 0) is 24.7 Å². The van der Waals surface area contributed by atoms with Gasteiger partial charge in [0.05, 0.1) is 39.1 Å². The summed E-state index contributed by atoms with van der Waals surface area (Å²) in [5, 5.41) is 3.32. The van der Waals surface area contributed by atoms with E-state index in [1.54, 1.807) is 0 Å². The Morgan fingerprint density at radius 3 is 2.57 bits per heavy atom. The highest BCUT2D eigenvalue weighted by atomic mass is 79.9. The zero-order chi connectivity index (χ0) is 14.7. The van der Waals surface area contributed by atoms with Crippen LogP contribution in [-0.2, 0) is 9.47 Å². The molecule has 1 saturated heterocycles. The first-order valence-corrected chi connectivity index (χ1v) is 8.04. The van der Waals surface area contributed by atoms with Crippen LogP contribution in [0.25, 0.3) is 0 Å². The maximum Gasteiger partial charge on any atom is 0.162 e. The maximum atomic E-state index is 5.83. The van der Waals surface area contributed by atoms with Crippen LogP contribution >= 0.6 is 15.9 Å². The molecule has 0 spiro atoms. The number of benzene rings is 1. The van der Waals surface area contributed by atoms with Crippen molar-refractivity contribution in [2.45, 2.75) is 18.6 Å². The fourth-order valence-electron chi connectivity index (χ4n) is 2.68. The molecule has 0 bridgehead atoms. The molecule has 5 nitrogen and oxygen atoms in total. The second kappa shape index (κ2) is 6.96. The minimum Gasteiger partial charge on any atom is -0.490 e. The molecule has 21 heavy (non-hydrogen) atoms. The second-order valence-electron chi connectivity index (χ2n) is 5.12. The van der Waals surface area contributed by atoms with Gasteiger partial charge in [0, 0.05) is 10.9 Å². The molecule has 2 aliphatic rings. The summed E-state index contributed by atoms with van der Waals surface area (Å²) in [5.74, 6) is 1.58. The number of halogens is 1. The van der Waals surface area contributed by atoms with Crippen molar-refractivity contribution >= 4 is 15.9 Å². The number of fused-ring (bicyclic) bond motifs is 1. The van der Waals surface area contributed by atoms with E-state index < -0.39 is 0 Å². The van der Waals surface area contributed by atoms with Gasteiger partial charge in [-0.25, -0.2) is 0 Å². The van der Waals surface area contributed by atoms with Crippen LogP contribution in [0.5, 0.6) is 11.5 Å². The third-order valence-electron chi connectivity index (χ3n) is 3.73. The predicted octanol–water partition coefficient (Wildman–Crippen LogP) is 2.29. The highest BCUT2D eigenvalue weighted by Crippen LogP contribution is 2.38. The first-order valence-electron chi connectivity index (χ1n) is 7.25. The van der Waals surface area contributed by atoms with E-state index in [0.717, 1.165) is 28.0 Å². The van der Waals surface area contributed by atoms with Crippen LogP contribution < -0.4 is 14.8 Å². The SMILES string of the molecule is CNC(c1cc2c(cc1Br)OCCCO2)C1COCCO1. The summed E-state index contributed by atoms with van der Waals surface area (Å²) in [5.41, 5.74) is 1.09. The lowest BCUT2D eigenvalue weighted by molar-refractivity contribution is -0.101. The Balaban J connectivity index is 1.90. The highest BCUT2D eigenvalue weighted by molar-refractivity contribution is 9.10. The summed E-state index contributed by atoms with van der Waals surface area (Å²) >= 11 is 3.64. The summed E-state index contributed by atoms with van der Waals surface area (Å²) < 4.78 is 23.8. The van der Waals surface area contributed by atoms with Crippen molar-refractivity contribution in [3.8, 4) is 11.5 Å². The van der Waals surface area contributed by atoms with Crippen molar-refractivity contribution in [2.24, 2.45) is 0 Å². The van der Waals surface area contributed by atoms with E-state index in [0.29, 0.717) is 33.0 Å². The number of hydrogen-bond acceptors (Lipinski definition) is 5. The summed E-state index contributed by atoms with van der Waals surface area (Å²) in [6, 6.07) is 4.05. The molecule has 2 heterocycles. The van der Waals surface area contributed by atoms with Crippen LogP contribution in [0.15, 0.2) is 16.6 Å². The Morgan fingerprint density at radius 2 is 1.90 bits per heavy atom. The van der Waals surface area contributed by atoms with Gasteiger partial charge in [0.25, 0.3) is 0 Å². The minimum absolute atomic E-state index is 0.00945. The van der Waals surface area contributed by atoms with Gasteiger partial charge in [-0.1, -0.05) is 15.9 Å². The lowest BCUT2D eigenvalue weighted by Gasteiger charge is -2.31. The summed E-state index contributed by atoms with van der Waals surface area (Å²) in [7, 11) is 1.93. The van der Waals surface area contributed by atoms with Crippen molar-refractivity contribution in [2.75, 3.05) is 40.1 Å². The van der Waals surface area contributed by atoms with Crippen molar-refractivity contribution in [1.29, 1.82) is 0 Å². The number of likely N-dealkylation sites (N-methyl/N-ethyl adjacent to an activating group) is 1. The lowest BCUT2D eigenvalue weighted by Crippen LogP contribution is -2.39. The van der Waals surface area contributed by atoms with E-state index >= 15 is 0 Å². The molecule has 1 aromatic rings. The Labute approximate surface area is 133 Å². The average molecular weight is 358 g/mol. The Morgan fingerprint density at radius 1 is 1.14 bits per heavy atom. The molecule has 6 heteroatoms. The largest absolute Gasteiger partial charge is 0.490 e. The molecule has 2 aliphatic heterocycles. The van der Waals surface area contributed by atoms with Crippen LogP contribution in [0.1, 0.15) is 18.0 Å². The normalized spacial score (nSPS) is 23.4. The monoisotopic (exact) mass is 357 g/mol. The summed E-state index contributed by atoms with van der Waals surface area (Å²) in [6.45, 7) is 3.25. The van der Waals surface area contributed by atoms with Gasteiger partial charge >= 0.3 is 0 Å². The van der Waals surface area contributed by atoms with Crippen LogP contribution in [0.2, 0.25) is 0 Å². The molecular formula is C15H20BrNO4. The molecule has 3 rings (SSSR count). The predicted molar refractivity (Wildman–Crippen MR) is 82.1 cm³/mol. The quantitative estimate of drug-likeness (QED) is 0.899. The van der Waals surface area contributed by atoms with E-state index in [9.17, 15) is 0 Å². The number of hydrogen-bond donors (Lipinski definition) is 1. The van der Waals surface area contributed by atoms with E-state index in [-0.39, 0.29) is 12.1 Å². The molecule has 0 aromatic heterocycles. The number of nitrogens with one attached hydrogen (secondary N) is 1. The molecule has 1 N–H and O–H groups in total. The fraction of sp³-hybridized carbons (Fsp3) is 0.600. The molecule has 0 saturated carbocycles. The Hall–Kier alpha value is -0.820. The first-order chi connectivity index (χ1) is 10.3. The maximum absolute atomic E-state index is 5.83. The molecule has 2 unspecified atom stereocenters. The smallest absolute Gasteiger partial charge is 0.162 e. The molecule has 0 radical (unpaired) electrons. The summed E-state index contributed by atoms with van der Waals surface area (Å²) in [6.07, 6.45) is 0.890. The molecule has 0 aliphatic carbocycles. The second-order valence-corrected chi connectivity index (χ2v) is 5.98. The van der Waals surface area contributed by atoms with E-state index in [4.69, 9.17) is 18.9 Å². The van der Waals surface area contributed by atoms with E-state index in [2.05, 4.69) is 21.2 Å². The highest BCUT2D eigenvalue weighted by Gasteiger charge is 2.28. The molecule has 1 fully saturated rings. The molecule has 0 amide bonds. The van der Waals surface area contributed by atoms with Gasteiger partial charge < -0.3 is 24.3 Å². The fourth-order valence-corrected chi connectivity index (χ4v) is 3.25. The Bertz CT molecular complexity index is 491. The lowest BCUT2D eigenvalue weighted by atomic mass is 10.0. The van der Waals surface area contributed by atoms with Crippen molar-refractivity contribution in [1.82, 2.24) is 5.32 Å². The van der Waals surface area contributed by atoms with Gasteiger partial charge in [0.15, 0.2) is 11.5 Å². The third-order valence-corrected chi connectivity index (χ3v) is 4.41. The number of rotatable bonds is 3. The van der Waals surface area contributed by atoms with Gasteiger partial charge in [-0.2, -0.15) is 0 Å². The standard InChI is InChI=1S/C15H20BrNO4/c1-17-15(14-9-18-5-6-21-14)10-7-12-13(8-11(10)16)20-4-2-3-19-12/h7-8,14-15,17H,2-6,9H2,1H3. The van der Waals surface area contributed by atoms with Crippen molar-refractivity contribution in [3.05, 3.63) is 22.2 Å². The average Bonchev–Trinajstić information content (AvgIpc) is 2.74. The molecular weight excluding hydrogens is 338 g/mol.